The average molecular weight is 374 g/mol. The maximum atomic E-state index is 5.91. The summed E-state index contributed by atoms with van der Waals surface area (Å²) >= 11 is 5.91. The van der Waals surface area contributed by atoms with E-state index in [2.05, 4.69) is 33.3 Å². The normalized spacial score (nSPS) is 15.1. The monoisotopic (exact) mass is 373 g/mol. The molecule has 2 aromatic carbocycles. The first kappa shape index (κ1) is 18.9. The first-order valence-corrected chi connectivity index (χ1v) is 9.82. The number of anilines is 2. The van der Waals surface area contributed by atoms with Crippen LogP contribution in [0.1, 0.15) is 13.3 Å². The SMILES string of the molecule is CCOc1ccccc1N1CCN(CCCNc2ccc(Cl)cc2)CC1. The Morgan fingerprint density at radius 3 is 2.46 bits per heavy atom. The molecule has 0 aliphatic carbocycles. The Labute approximate surface area is 161 Å². The van der Waals surface area contributed by atoms with Crippen molar-refractivity contribution in [2.24, 2.45) is 0 Å². The zero-order valence-electron chi connectivity index (χ0n) is 15.5. The van der Waals surface area contributed by atoms with Gasteiger partial charge in [-0.15, -0.1) is 0 Å². The van der Waals surface area contributed by atoms with E-state index < -0.39 is 0 Å². The highest BCUT2D eigenvalue weighted by atomic mass is 35.5. The predicted molar refractivity (Wildman–Crippen MR) is 111 cm³/mol. The minimum Gasteiger partial charge on any atom is -0.492 e. The fourth-order valence-corrected chi connectivity index (χ4v) is 3.44. The summed E-state index contributed by atoms with van der Waals surface area (Å²) in [6.45, 7) is 9.15. The molecule has 1 fully saturated rings. The van der Waals surface area contributed by atoms with E-state index in [1.807, 2.05) is 37.3 Å². The number of hydrogen-bond donors (Lipinski definition) is 1. The van der Waals surface area contributed by atoms with Crippen LogP contribution in [0.25, 0.3) is 0 Å². The lowest BCUT2D eigenvalue weighted by molar-refractivity contribution is 0.256. The summed E-state index contributed by atoms with van der Waals surface area (Å²) in [4.78, 5) is 4.98. The molecule has 1 heterocycles. The van der Waals surface area contributed by atoms with Gasteiger partial charge < -0.3 is 15.0 Å². The van der Waals surface area contributed by atoms with Gasteiger partial charge in [0.15, 0.2) is 0 Å². The van der Waals surface area contributed by atoms with Crippen molar-refractivity contribution in [2.45, 2.75) is 13.3 Å². The van der Waals surface area contributed by atoms with Gasteiger partial charge in [0.2, 0.25) is 0 Å². The fourth-order valence-electron chi connectivity index (χ4n) is 3.31. The highest BCUT2D eigenvalue weighted by Gasteiger charge is 2.19. The molecule has 0 bridgehead atoms. The van der Waals surface area contributed by atoms with Gasteiger partial charge in [0.1, 0.15) is 5.75 Å². The van der Waals surface area contributed by atoms with Crippen LogP contribution in [0.4, 0.5) is 11.4 Å². The van der Waals surface area contributed by atoms with Crippen LogP contribution in [0.3, 0.4) is 0 Å². The molecule has 1 aliphatic heterocycles. The molecule has 26 heavy (non-hydrogen) atoms. The Kier molecular flexibility index (Phi) is 7.04. The van der Waals surface area contributed by atoms with Crippen LogP contribution in [0.5, 0.6) is 5.75 Å². The zero-order valence-corrected chi connectivity index (χ0v) is 16.2. The highest BCUT2D eigenvalue weighted by molar-refractivity contribution is 6.30. The van der Waals surface area contributed by atoms with E-state index in [9.17, 15) is 0 Å². The van der Waals surface area contributed by atoms with Crippen molar-refractivity contribution in [1.82, 2.24) is 4.90 Å². The third-order valence-electron chi connectivity index (χ3n) is 4.70. The molecule has 3 rings (SSSR count). The second-order valence-electron chi connectivity index (χ2n) is 6.52. The minimum absolute atomic E-state index is 0.706. The quantitative estimate of drug-likeness (QED) is 0.695. The largest absolute Gasteiger partial charge is 0.492 e. The predicted octanol–water partition coefficient (Wildman–Crippen LogP) is 4.36. The fraction of sp³-hybridized carbons (Fsp3) is 0.429. The van der Waals surface area contributed by atoms with Crippen LogP contribution < -0.4 is 15.0 Å². The van der Waals surface area contributed by atoms with Gasteiger partial charge in [-0.05, 0) is 56.3 Å². The van der Waals surface area contributed by atoms with Crippen LogP contribution in [-0.4, -0.2) is 50.8 Å². The molecule has 0 atom stereocenters. The van der Waals surface area contributed by atoms with E-state index in [0.29, 0.717) is 6.61 Å². The van der Waals surface area contributed by atoms with Gasteiger partial charge in [-0.2, -0.15) is 0 Å². The molecule has 0 spiro atoms. The van der Waals surface area contributed by atoms with Gasteiger partial charge in [-0.3, -0.25) is 4.90 Å². The number of benzene rings is 2. The van der Waals surface area contributed by atoms with Gasteiger partial charge in [0.05, 0.1) is 12.3 Å². The summed E-state index contributed by atoms with van der Waals surface area (Å²) in [7, 11) is 0. The van der Waals surface area contributed by atoms with Crippen LogP contribution in [0.15, 0.2) is 48.5 Å². The van der Waals surface area contributed by atoms with Crippen LogP contribution in [0.2, 0.25) is 5.02 Å². The van der Waals surface area contributed by atoms with Gasteiger partial charge in [0, 0.05) is 43.4 Å². The van der Waals surface area contributed by atoms with Crippen LogP contribution >= 0.6 is 11.6 Å². The summed E-state index contributed by atoms with van der Waals surface area (Å²) in [6.07, 6.45) is 1.14. The first-order chi connectivity index (χ1) is 12.8. The molecular weight excluding hydrogens is 346 g/mol. The number of piperazine rings is 1. The lowest BCUT2D eigenvalue weighted by atomic mass is 10.2. The number of hydrogen-bond acceptors (Lipinski definition) is 4. The molecule has 0 unspecified atom stereocenters. The number of nitrogens with one attached hydrogen (secondary N) is 1. The van der Waals surface area contributed by atoms with Crippen molar-refractivity contribution >= 4 is 23.0 Å². The maximum Gasteiger partial charge on any atom is 0.142 e. The Hall–Kier alpha value is -1.91. The molecule has 1 saturated heterocycles. The molecule has 1 N–H and O–H groups in total. The summed E-state index contributed by atoms with van der Waals surface area (Å²) < 4.78 is 5.77. The van der Waals surface area contributed by atoms with Gasteiger partial charge in [-0.1, -0.05) is 23.7 Å². The van der Waals surface area contributed by atoms with Crippen molar-refractivity contribution in [3.8, 4) is 5.75 Å². The summed E-state index contributed by atoms with van der Waals surface area (Å²) in [5.74, 6) is 0.996. The number of rotatable bonds is 8. The highest BCUT2D eigenvalue weighted by Crippen LogP contribution is 2.28. The number of para-hydroxylation sites is 2. The Morgan fingerprint density at radius 2 is 1.73 bits per heavy atom. The second-order valence-corrected chi connectivity index (χ2v) is 6.95. The van der Waals surface area contributed by atoms with E-state index in [0.717, 1.165) is 62.1 Å². The summed E-state index contributed by atoms with van der Waals surface area (Å²) in [6, 6.07) is 16.2. The Bertz CT molecular complexity index is 669. The zero-order chi connectivity index (χ0) is 18.2. The van der Waals surface area contributed by atoms with Crippen LogP contribution in [0, 0.1) is 0 Å². The lowest BCUT2D eigenvalue weighted by Crippen LogP contribution is -2.47. The third kappa shape index (κ3) is 5.29. The smallest absolute Gasteiger partial charge is 0.142 e. The number of ether oxygens (including phenoxy) is 1. The second kappa shape index (κ2) is 9.70. The standard InChI is InChI=1S/C21H28ClN3O/c1-2-26-21-7-4-3-6-20(21)25-16-14-24(15-17-25)13-5-12-23-19-10-8-18(22)9-11-19/h3-4,6-11,23H,2,5,12-17H2,1H3. The van der Waals surface area contributed by atoms with E-state index >= 15 is 0 Å². The topological polar surface area (TPSA) is 27.7 Å². The first-order valence-electron chi connectivity index (χ1n) is 9.45. The molecule has 2 aromatic rings. The average Bonchev–Trinajstić information content (AvgIpc) is 2.68. The lowest BCUT2D eigenvalue weighted by Gasteiger charge is -2.36. The molecule has 0 saturated carbocycles. The molecule has 5 heteroatoms. The number of nitrogens with zero attached hydrogens (tertiary/aromatic N) is 2. The maximum absolute atomic E-state index is 5.91. The van der Waals surface area contributed by atoms with Gasteiger partial charge in [0.25, 0.3) is 0 Å². The van der Waals surface area contributed by atoms with Crippen molar-refractivity contribution in [3.63, 3.8) is 0 Å². The molecule has 1 aliphatic rings. The molecule has 0 amide bonds. The molecule has 4 nitrogen and oxygen atoms in total. The molecular formula is C21H28ClN3O. The van der Waals surface area contributed by atoms with Gasteiger partial charge in [-0.25, -0.2) is 0 Å². The Morgan fingerprint density at radius 1 is 1.00 bits per heavy atom. The minimum atomic E-state index is 0.706. The third-order valence-corrected chi connectivity index (χ3v) is 4.95. The van der Waals surface area contributed by atoms with E-state index in [1.165, 1.54) is 5.69 Å². The van der Waals surface area contributed by atoms with Crippen LogP contribution in [-0.2, 0) is 0 Å². The molecule has 0 radical (unpaired) electrons. The van der Waals surface area contributed by atoms with Crippen molar-refractivity contribution in [3.05, 3.63) is 53.6 Å². The molecule has 140 valence electrons. The van der Waals surface area contributed by atoms with Crippen molar-refractivity contribution < 1.29 is 4.74 Å². The van der Waals surface area contributed by atoms with E-state index in [1.54, 1.807) is 0 Å². The number of halogens is 1. The summed E-state index contributed by atoms with van der Waals surface area (Å²) in [5, 5.41) is 4.23. The molecule has 0 aromatic heterocycles. The Balaban J connectivity index is 1.39. The van der Waals surface area contributed by atoms with Crippen molar-refractivity contribution in [2.75, 3.05) is 56.1 Å². The van der Waals surface area contributed by atoms with Crippen molar-refractivity contribution in [1.29, 1.82) is 0 Å². The van der Waals surface area contributed by atoms with E-state index in [-0.39, 0.29) is 0 Å². The van der Waals surface area contributed by atoms with Gasteiger partial charge >= 0.3 is 0 Å². The van der Waals surface area contributed by atoms with E-state index in [4.69, 9.17) is 16.3 Å². The summed E-state index contributed by atoms with van der Waals surface area (Å²) in [5.41, 5.74) is 2.35.